The minimum Gasteiger partial charge on any atom is -0.378 e. The number of thiophene rings is 1. The van der Waals surface area contributed by atoms with Crippen LogP contribution >= 0.6 is 11.3 Å². The van der Waals surface area contributed by atoms with E-state index in [1.807, 2.05) is 0 Å². The van der Waals surface area contributed by atoms with E-state index in [0.29, 0.717) is 6.04 Å². The molecule has 1 aromatic heterocycles. The zero-order chi connectivity index (χ0) is 12.3. The van der Waals surface area contributed by atoms with Crippen LogP contribution in [0.5, 0.6) is 0 Å². The van der Waals surface area contributed by atoms with Crippen molar-refractivity contribution < 1.29 is 0 Å². The van der Waals surface area contributed by atoms with Crippen molar-refractivity contribution in [3.05, 3.63) is 46.7 Å². The highest BCUT2D eigenvalue weighted by atomic mass is 32.1. The van der Waals surface area contributed by atoms with E-state index in [2.05, 4.69) is 73.0 Å². The van der Waals surface area contributed by atoms with Gasteiger partial charge in [0.2, 0.25) is 0 Å². The molecule has 0 bridgehead atoms. The molecule has 1 unspecified atom stereocenters. The average molecular weight is 246 g/mol. The van der Waals surface area contributed by atoms with Gasteiger partial charge in [0.1, 0.15) is 0 Å². The minimum absolute atomic E-state index is 0.354. The summed E-state index contributed by atoms with van der Waals surface area (Å²) in [7, 11) is 4.11. The highest BCUT2D eigenvalue weighted by Gasteiger charge is 2.06. The van der Waals surface area contributed by atoms with Crippen molar-refractivity contribution in [2.75, 3.05) is 24.3 Å². The molecule has 2 aromatic rings. The summed E-state index contributed by atoms with van der Waals surface area (Å²) in [5, 5.41) is 5.64. The molecule has 0 spiro atoms. The molecule has 0 aliphatic heterocycles. The van der Waals surface area contributed by atoms with Gasteiger partial charge in [-0.25, -0.2) is 0 Å². The van der Waals surface area contributed by atoms with Crippen LogP contribution < -0.4 is 10.2 Å². The van der Waals surface area contributed by atoms with E-state index in [-0.39, 0.29) is 0 Å². The molecule has 2 nitrogen and oxygen atoms in total. The highest BCUT2D eigenvalue weighted by molar-refractivity contribution is 7.10. The van der Waals surface area contributed by atoms with Crippen molar-refractivity contribution in [1.29, 1.82) is 0 Å². The Morgan fingerprint density at radius 3 is 2.65 bits per heavy atom. The van der Waals surface area contributed by atoms with E-state index in [1.54, 1.807) is 11.3 Å². The lowest BCUT2D eigenvalue weighted by Gasteiger charge is -2.17. The molecule has 1 atom stereocenters. The number of anilines is 2. The Labute approximate surface area is 107 Å². The molecule has 0 saturated carbocycles. The smallest absolute Gasteiger partial charge is 0.0578 e. The fourth-order valence-electron chi connectivity index (χ4n) is 1.73. The summed E-state index contributed by atoms with van der Waals surface area (Å²) in [4.78, 5) is 3.47. The maximum atomic E-state index is 3.52. The first-order valence-electron chi connectivity index (χ1n) is 5.74. The Hall–Kier alpha value is -1.48. The zero-order valence-corrected chi connectivity index (χ0v) is 11.3. The number of hydrogen-bond acceptors (Lipinski definition) is 3. The van der Waals surface area contributed by atoms with E-state index < -0.39 is 0 Å². The molecule has 0 aliphatic rings. The molecule has 1 heterocycles. The Kier molecular flexibility index (Phi) is 3.69. The first-order chi connectivity index (χ1) is 8.16. The van der Waals surface area contributed by atoms with Crippen LogP contribution in [0.4, 0.5) is 11.4 Å². The van der Waals surface area contributed by atoms with Gasteiger partial charge in [0.15, 0.2) is 0 Å². The topological polar surface area (TPSA) is 15.3 Å². The number of hydrogen-bond donors (Lipinski definition) is 1. The zero-order valence-electron chi connectivity index (χ0n) is 10.5. The van der Waals surface area contributed by atoms with Crippen LogP contribution in [-0.4, -0.2) is 14.1 Å². The standard InChI is InChI=1S/C14H18N2S/c1-11(14-8-5-9-17-14)15-12-6-4-7-13(10-12)16(2)3/h4-11,15H,1-3H3. The second-order valence-electron chi connectivity index (χ2n) is 4.33. The van der Waals surface area contributed by atoms with Crippen LogP contribution in [0.1, 0.15) is 17.8 Å². The van der Waals surface area contributed by atoms with Gasteiger partial charge in [-0.1, -0.05) is 12.1 Å². The Balaban J connectivity index is 2.11. The Morgan fingerprint density at radius 1 is 1.18 bits per heavy atom. The molecule has 0 radical (unpaired) electrons. The Bertz CT molecular complexity index is 463. The van der Waals surface area contributed by atoms with Crippen molar-refractivity contribution in [1.82, 2.24) is 0 Å². The summed E-state index contributed by atoms with van der Waals surface area (Å²) >= 11 is 1.79. The van der Waals surface area contributed by atoms with Gasteiger partial charge in [0, 0.05) is 30.3 Å². The van der Waals surface area contributed by atoms with E-state index in [4.69, 9.17) is 0 Å². The summed E-state index contributed by atoms with van der Waals surface area (Å²) in [5.74, 6) is 0. The van der Waals surface area contributed by atoms with E-state index in [9.17, 15) is 0 Å². The highest BCUT2D eigenvalue weighted by Crippen LogP contribution is 2.25. The molecular formula is C14H18N2S. The van der Waals surface area contributed by atoms with E-state index >= 15 is 0 Å². The number of nitrogens with one attached hydrogen (secondary N) is 1. The molecule has 0 aliphatic carbocycles. The fourth-order valence-corrected chi connectivity index (χ4v) is 2.47. The summed E-state index contributed by atoms with van der Waals surface area (Å²) < 4.78 is 0. The van der Waals surface area contributed by atoms with Gasteiger partial charge in [-0.05, 0) is 36.6 Å². The summed E-state index contributed by atoms with van der Waals surface area (Å²) in [6, 6.07) is 13.1. The molecular weight excluding hydrogens is 228 g/mol. The lowest BCUT2D eigenvalue weighted by atomic mass is 10.2. The normalized spacial score (nSPS) is 12.2. The van der Waals surface area contributed by atoms with Gasteiger partial charge in [-0.2, -0.15) is 0 Å². The van der Waals surface area contributed by atoms with Crippen molar-refractivity contribution in [2.24, 2.45) is 0 Å². The Morgan fingerprint density at radius 2 is 2.00 bits per heavy atom. The first kappa shape index (κ1) is 12.0. The largest absolute Gasteiger partial charge is 0.378 e. The van der Waals surface area contributed by atoms with Gasteiger partial charge in [-0.3, -0.25) is 0 Å². The quantitative estimate of drug-likeness (QED) is 0.877. The van der Waals surface area contributed by atoms with Crippen LogP contribution in [-0.2, 0) is 0 Å². The van der Waals surface area contributed by atoms with E-state index in [0.717, 1.165) is 5.69 Å². The maximum Gasteiger partial charge on any atom is 0.0578 e. The molecule has 1 N–H and O–H groups in total. The second-order valence-corrected chi connectivity index (χ2v) is 5.31. The molecule has 0 amide bonds. The maximum absolute atomic E-state index is 3.52. The fraction of sp³-hybridized carbons (Fsp3) is 0.286. The van der Waals surface area contributed by atoms with Crippen LogP contribution in [0.3, 0.4) is 0 Å². The van der Waals surface area contributed by atoms with Crippen LogP contribution in [0.25, 0.3) is 0 Å². The van der Waals surface area contributed by atoms with Crippen molar-refractivity contribution >= 4 is 22.7 Å². The van der Waals surface area contributed by atoms with Gasteiger partial charge in [-0.15, -0.1) is 11.3 Å². The van der Waals surface area contributed by atoms with Crippen molar-refractivity contribution in [3.8, 4) is 0 Å². The van der Waals surface area contributed by atoms with Gasteiger partial charge in [0.25, 0.3) is 0 Å². The molecule has 2 rings (SSSR count). The predicted octanol–water partition coefficient (Wildman–Crippen LogP) is 3.99. The van der Waals surface area contributed by atoms with Gasteiger partial charge >= 0.3 is 0 Å². The van der Waals surface area contributed by atoms with Gasteiger partial charge in [0.05, 0.1) is 6.04 Å². The molecule has 17 heavy (non-hydrogen) atoms. The lowest BCUT2D eigenvalue weighted by Crippen LogP contribution is -2.10. The molecule has 0 saturated heterocycles. The predicted molar refractivity (Wildman–Crippen MR) is 77.1 cm³/mol. The third-order valence-electron chi connectivity index (χ3n) is 2.72. The van der Waals surface area contributed by atoms with Crippen molar-refractivity contribution in [3.63, 3.8) is 0 Å². The minimum atomic E-state index is 0.354. The molecule has 90 valence electrons. The third-order valence-corrected chi connectivity index (χ3v) is 3.77. The molecule has 3 heteroatoms. The van der Waals surface area contributed by atoms with E-state index in [1.165, 1.54) is 10.6 Å². The third kappa shape index (κ3) is 3.01. The second kappa shape index (κ2) is 5.23. The average Bonchev–Trinajstić information content (AvgIpc) is 2.82. The monoisotopic (exact) mass is 246 g/mol. The molecule has 1 aromatic carbocycles. The van der Waals surface area contributed by atoms with Crippen LogP contribution in [0, 0.1) is 0 Å². The summed E-state index contributed by atoms with van der Waals surface area (Å²) in [6.07, 6.45) is 0. The van der Waals surface area contributed by atoms with Crippen molar-refractivity contribution in [2.45, 2.75) is 13.0 Å². The van der Waals surface area contributed by atoms with Crippen LogP contribution in [0.15, 0.2) is 41.8 Å². The van der Waals surface area contributed by atoms with Crippen LogP contribution in [0.2, 0.25) is 0 Å². The summed E-state index contributed by atoms with van der Waals surface area (Å²) in [5.41, 5.74) is 2.38. The number of nitrogens with zero attached hydrogens (tertiary/aromatic N) is 1. The lowest BCUT2D eigenvalue weighted by molar-refractivity contribution is 0.908. The first-order valence-corrected chi connectivity index (χ1v) is 6.62. The molecule has 0 fully saturated rings. The van der Waals surface area contributed by atoms with Gasteiger partial charge < -0.3 is 10.2 Å². The number of rotatable bonds is 4. The summed E-state index contributed by atoms with van der Waals surface area (Å²) in [6.45, 7) is 2.19. The number of benzene rings is 1. The SMILES string of the molecule is CC(Nc1cccc(N(C)C)c1)c1cccs1.